The Morgan fingerprint density at radius 3 is 2.26 bits per heavy atom. The number of rotatable bonds is 6. The molecule has 0 amide bonds. The summed E-state index contributed by atoms with van der Waals surface area (Å²) in [6.07, 6.45) is 1.24. The van der Waals surface area contributed by atoms with Crippen LogP contribution in [0.1, 0.15) is 38.3 Å². The predicted octanol–water partition coefficient (Wildman–Crippen LogP) is 2.25. The Hall–Kier alpha value is -2.04. The van der Waals surface area contributed by atoms with Crippen LogP contribution in [0.4, 0.5) is 0 Å². The molecule has 1 aromatic rings. The van der Waals surface area contributed by atoms with Crippen molar-refractivity contribution in [3.63, 3.8) is 0 Å². The van der Waals surface area contributed by atoms with Gasteiger partial charge in [-0.25, -0.2) is 0 Å². The number of carbonyl (C=O) groups excluding carboxylic acids is 1. The molecule has 0 aromatic heterocycles. The van der Waals surface area contributed by atoms with Crippen molar-refractivity contribution in [2.45, 2.75) is 39.0 Å². The van der Waals surface area contributed by atoms with Gasteiger partial charge in [0.25, 0.3) is 0 Å². The molecule has 2 N–H and O–H groups in total. The van der Waals surface area contributed by atoms with Gasteiger partial charge < -0.3 is 15.4 Å². The van der Waals surface area contributed by atoms with Crippen molar-refractivity contribution in [3.05, 3.63) is 35.4 Å². The highest BCUT2D eigenvalue weighted by molar-refractivity contribution is 5.80. The van der Waals surface area contributed by atoms with E-state index in [4.69, 9.17) is 0 Å². The molecule has 128 valence electrons. The van der Waals surface area contributed by atoms with Crippen molar-refractivity contribution in [3.8, 4) is 0 Å². The number of guanidine groups is 1. The summed E-state index contributed by atoms with van der Waals surface area (Å²) in [7, 11) is 3.10. The first-order chi connectivity index (χ1) is 10.9. The van der Waals surface area contributed by atoms with Crippen molar-refractivity contribution < 1.29 is 9.53 Å². The van der Waals surface area contributed by atoms with Gasteiger partial charge in [0.15, 0.2) is 5.96 Å². The molecule has 0 saturated carbocycles. The average molecular weight is 319 g/mol. The highest BCUT2D eigenvalue weighted by atomic mass is 16.5. The van der Waals surface area contributed by atoms with Crippen LogP contribution in [0.2, 0.25) is 0 Å². The lowest BCUT2D eigenvalue weighted by Crippen LogP contribution is -2.39. The minimum absolute atomic E-state index is 0.183. The Morgan fingerprint density at radius 2 is 1.74 bits per heavy atom. The molecule has 0 radical (unpaired) electrons. The van der Waals surface area contributed by atoms with Gasteiger partial charge in [-0.3, -0.25) is 9.79 Å². The molecule has 1 rings (SSSR count). The zero-order chi connectivity index (χ0) is 17.3. The topological polar surface area (TPSA) is 62.7 Å². The van der Waals surface area contributed by atoms with Gasteiger partial charge in [0.2, 0.25) is 0 Å². The van der Waals surface area contributed by atoms with Crippen LogP contribution in [0.3, 0.4) is 0 Å². The number of hydrogen-bond acceptors (Lipinski definition) is 3. The highest BCUT2D eigenvalue weighted by Crippen LogP contribution is 2.22. The second-order valence-electron chi connectivity index (χ2n) is 6.45. The number of nitrogens with one attached hydrogen (secondary N) is 2. The molecule has 0 heterocycles. The Kier molecular flexibility index (Phi) is 7.59. The summed E-state index contributed by atoms with van der Waals surface area (Å²) in [5.74, 6) is 0.465. The van der Waals surface area contributed by atoms with Crippen LogP contribution < -0.4 is 10.6 Å². The van der Waals surface area contributed by atoms with Gasteiger partial charge in [0.05, 0.1) is 13.5 Å². The summed E-state index contributed by atoms with van der Waals surface area (Å²) in [6.45, 7) is 7.94. The molecule has 5 nitrogen and oxygen atoms in total. The maximum absolute atomic E-state index is 11.1. The smallest absolute Gasteiger partial charge is 0.307 e. The van der Waals surface area contributed by atoms with Crippen LogP contribution in [0.25, 0.3) is 0 Å². The first-order valence-electron chi connectivity index (χ1n) is 7.97. The zero-order valence-corrected chi connectivity index (χ0v) is 14.9. The third-order valence-electron chi connectivity index (χ3n) is 3.60. The second-order valence-corrected chi connectivity index (χ2v) is 6.45. The number of esters is 1. The lowest BCUT2D eigenvalue weighted by atomic mass is 9.86. The molecule has 0 bridgehead atoms. The number of ether oxygens (including phenoxy) is 1. The van der Waals surface area contributed by atoms with Crippen LogP contribution in [-0.2, 0) is 21.4 Å². The number of nitrogens with zero attached hydrogens (tertiary/aromatic N) is 1. The first kappa shape index (κ1) is 19.0. The number of benzene rings is 1. The number of methoxy groups -OCH3 is 1. The largest absolute Gasteiger partial charge is 0.469 e. The summed E-state index contributed by atoms with van der Waals surface area (Å²) in [6, 6.07) is 8.74. The standard InChI is InChI=1S/C18H29N3O2/c1-18(2,3)15-8-6-14(7-9-15)10-12-20-17(19-4)21-13-11-16(22)23-5/h6-9H,10-13H2,1-5H3,(H2,19,20,21). The Balaban J connectivity index is 2.36. The maximum atomic E-state index is 11.1. The van der Waals surface area contributed by atoms with Crippen molar-refractivity contribution >= 4 is 11.9 Å². The van der Waals surface area contributed by atoms with Crippen LogP contribution in [0.5, 0.6) is 0 Å². The summed E-state index contributed by atoms with van der Waals surface area (Å²) >= 11 is 0. The third kappa shape index (κ3) is 7.17. The quantitative estimate of drug-likeness (QED) is 0.480. The number of carbonyl (C=O) groups is 1. The average Bonchev–Trinajstić information content (AvgIpc) is 2.52. The van der Waals surface area contributed by atoms with Gasteiger partial charge >= 0.3 is 5.97 Å². The van der Waals surface area contributed by atoms with E-state index in [1.54, 1.807) is 7.05 Å². The van der Waals surface area contributed by atoms with E-state index < -0.39 is 0 Å². The summed E-state index contributed by atoms with van der Waals surface area (Å²) in [5.41, 5.74) is 2.81. The van der Waals surface area contributed by atoms with E-state index in [-0.39, 0.29) is 11.4 Å². The predicted molar refractivity (Wildman–Crippen MR) is 94.8 cm³/mol. The Morgan fingerprint density at radius 1 is 1.13 bits per heavy atom. The molecule has 0 saturated heterocycles. The van der Waals surface area contributed by atoms with E-state index in [1.165, 1.54) is 18.2 Å². The monoisotopic (exact) mass is 319 g/mol. The molecule has 5 heteroatoms. The Labute approximate surface area is 139 Å². The van der Waals surface area contributed by atoms with E-state index in [0.717, 1.165) is 13.0 Å². The van der Waals surface area contributed by atoms with Gasteiger partial charge in [-0.1, -0.05) is 45.0 Å². The first-order valence-corrected chi connectivity index (χ1v) is 7.97. The second kappa shape index (κ2) is 9.18. The van der Waals surface area contributed by atoms with Crippen molar-refractivity contribution in [2.24, 2.45) is 4.99 Å². The normalized spacial score (nSPS) is 12.0. The van der Waals surface area contributed by atoms with Crippen LogP contribution in [0.15, 0.2) is 29.3 Å². The van der Waals surface area contributed by atoms with Gasteiger partial charge in [-0.15, -0.1) is 0 Å². The fourth-order valence-electron chi connectivity index (χ4n) is 2.10. The fraction of sp³-hybridized carbons (Fsp3) is 0.556. The molecule has 0 unspecified atom stereocenters. The molecule has 23 heavy (non-hydrogen) atoms. The van der Waals surface area contributed by atoms with E-state index in [1.807, 2.05) is 0 Å². The molecule has 1 aromatic carbocycles. The molecular formula is C18H29N3O2. The fourth-order valence-corrected chi connectivity index (χ4v) is 2.10. The molecule has 0 spiro atoms. The molecule has 0 fully saturated rings. The minimum atomic E-state index is -0.230. The lowest BCUT2D eigenvalue weighted by molar-refractivity contribution is -0.140. The summed E-state index contributed by atoms with van der Waals surface area (Å²) < 4.78 is 4.60. The van der Waals surface area contributed by atoms with E-state index in [9.17, 15) is 4.79 Å². The number of hydrogen-bond donors (Lipinski definition) is 2. The molecular weight excluding hydrogens is 290 g/mol. The van der Waals surface area contributed by atoms with Crippen LogP contribution in [-0.4, -0.2) is 39.2 Å². The SMILES string of the molecule is CN=C(NCCC(=O)OC)NCCc1ccc(C(C)(C)C)cc1. The maximum Gasteiger partial charge on any atom is 0.307 e. The molecule has 0 aliphatic rings. The van der Waals surface area contributed by atoms with Crippen molar-refractivity contribution in [1.29, 1.82) is 0 Å². The van der Waals surface area contributed by atoms with E-state index in [2.05, 4.69) is 65.4 Å². The summed E-state index contributed by atoms with van der Waals surface area (Å²) in [4.78, 5) is 15.2. The van der Waals surface area contributed by atoms with Crippen LogP contribution >= 0.6 is 0 Å². The Bertz CT molecular complexity index is 516. The minimum Gasteiger partial charge on any atom is -0.469 e. The van der Waals surface area contributed by atoms with Gasteiger partial charge in [0, 0.05) is 20.1 Å². The highest BCUT2D eigenvalue weighted by Gasteiger charge is 2.12. The van der Waals surface area contributed by atoms with Gasteiger partial charge in [-0.05, 0) is 23.0 Å². The van der Waals surface area contributed by atoms with Crippen LogP contribution in [0, 0.1) is 0 Å². The van der Waals surface area contributed by atoms with Crippen molar-refractivity contribution in [2.75, 3.05) is 27.2 Å². The van der Waals surface area contributed by atoms with Gasteiger partial charge in [-0.2, -0.15) is 0 Å². The molecule has 0 aliphatic carbocycles. The number of aliphatic imine (C=N–C) groups is 1. The van der Waals surface area contributed by atoms with Crippen molar-refractivity contribution in [1.82, 2.24) is 10.6 Å². The third-order valence-corrected chi connectivity index (χ3v) is 3.60. The molecule has 0 atom stereocenters. The van der Waals surface area contributed by atoms with E-state index in [0.29, 0.717) is 18.9 Å². The van der Waals surface area contributed by atoms with Gasteiger partial charge in [0.1, 0.15) is 0 Å². The molecule has 0 aliphatic heterocycles. The van der Waals surface area contributed by atoms with E-state index >= 15 is 0 Å². The zero-order valence-electron chi connectivity index (χ0n) is 14.9. The lowest BCUT2D eigenvalue weighted by Gasteiger charge is -2.19. The summed E-state index contributed by atoms with van der Waals surface area (Å²) in [5, 5.41) is 6.33.